The average molecular weight is 272 g/mol. The minimum Gasteiger partial charge on any atom is -0.391 e. The summed E-state index contributed by atoms with van der Waals surface area (Å²) in [5, 5.41) is 8.89. The fourth-order valence-corrected chi connectivity index (χ4v) is 0.808. The van der Waals surface area contributed by atoms with E-state index in [4.69, 9.17) is 5.11 Å². The Morgan fingerprint density at radius 3 is 2.00 bits per heavy atom. The van der Waals surface area contributed by atoms with Crippen molar-refractivity contribution in [3.8, 4) is 0 Å². The van der Waals surface area contributed by atoms with Crippen molar-refractivity contribution in [2.75, 3.05) is 13.2 Å². The SMILES string of the molecule is OC(CCC(F)(F)F)COCC(F)(F)C(F)F. The van der Waals surface area contributed by atoms with Crippen molar-refractivity contribution in [2.24, 2.45) is 0 Å². The smallest absolute Gasteiger partial charge is 0.389 e. The number of aliphatic hydroxyl groups is 1. The summed E-state index contributed by atoms with van der Waals surface area (Å²) in [6, 6.07) is 0. The highest BCUT2D eigenvalue weighted by Gasteiger charge is 2.41. The third kappa shape index (κ3) is 8.19. The highest BCUT2D eigenvalue weighted by Crippen LogP contribution is 2.24. The van der Waals surface area contributed by atoms with Gasteiger partial charge >= 0.3 is 18.5 Å². The molecule has 2 nitrogen and oxygen atoms in total. The molecule has 0 saturated carbocycles. The molecule has 0 aliphatic rings. The number of halogens is 7. The van der Waals surface area contributed by atoms with Gasteiger partial charge in [-0.05, 0) is 6.42 Å². The first-order valence-corrected chi connectivity index (χ1v) is 4.53. The van der Waals surface area contributed by atoms with Gasteiger partial charge in [0.05, 0.1) is 12.7 Å². The van der Waals surface area contributed by atoms with Crippen LogP contribution in [0.3, 0.4) is 0 Å². The van der Waals surface area contributed by atoms with Gasteiger partial charge in [0.25, 0.3) is 0 Å². The van der Waals surface area contributed by atoms with Gasteiger partial charge in [-0.15, -0.1) is 0 Å². The Labute approximate surface area is 92.4 Å². The number of hydrogen-bond donors (Lipinski definition) is 1. The Balaban J connectivity index is 3.75. The Morgan fingerprint density at radius 1 is 1.06 bits per heavy atom. The summed E-state index contributed by atoms with van der Waals surface area (Å²) >= 11 is 0. The lowest BCUT2D eigenvalue weighted by Gasteiger charge is -2.17. The lowest BCUT2D eigenvalue weighted by molar-refractivity contribution is -0.173. The van der Waals surface area contributed by atoms with Gasteiger partial charge in [-0.2, -0.15) is 22.0 Å². The molecule has 1 unspecified atom stereocenters. The van der Waals surface area contributed by atoms with Crippen molar-refractivity contribution < 1.29 is 40.6 Å². The summed E-state index contributed by atoms with van der Waals surface area (Å²) in [7, 11) is 0. The maximum Gasteiger partial charge on any atom is 0.389 e. The second-order valence-corrected chi connectivity index (χ2v) is 3.38. The summed E-state index contributed by atoms with van der Waals surface area (Å²) in [6.07, 6.45) is -12.1. The predicted octanol–water partition coefficient (Wildman–Crippen LogP) is 2.61. The van der Waals surface area contributed by atoms with E-state index in [2.05, 4.69) is 4.74 Å². The molecule has 0 aromatic heterocycles. The van der Waals surface area contributed by atoms with Crippen molar-refractivity contribution in [1.82, 2.24) is 0 Å². The monoisotopic (exact) mass is 272 g/mol. The predicted molar refractivity (Wildman–Crippen MR) is 43.1 cm³/mol. The molecule has 0 spiro atoms. The Kier molecular flexibility index (Phi) is 6.17. The molecule has 9 heteroatoms. The molecule has 104 valence electrons. The minimum atomic E-state index is -4.48. The van der Waals surface area contributed by atoms with E-state index < -0.39 is 50.7 Å². The summed E-state index contributed by atoms with van der Waals surface area (Å²) in [6.45, 7) is -2.49. The van der Waals surface area contributed by atoms with E-state index in [1.54, 1.807) is 0 Å². The fraction of sp³-hybridized carbons (Fsp3) is 1.00. The second kappa shape index (κ2) is 6.39. The van der Waals surface area contributed by atoms with Crippen LogP contribution in [0.1, 0.15) is 12.8 Å². The molecule has 0 saturated heterocycles. The molecule has 0 radical (unpaired) electrons. The standard InChI is InChI=1S/C8H11F7O2/c9-6(10)7(11,12)4-17-3-5(16)1-2-8(13,14)15/h5-6,16H,1-4H2. The maximum absolute atomic E-state index is 12.2. The Bertz CT molecular complexity index is 216. The van der Waals surface area contributed by atoms with Crippen LogP contribution in [0.15, 0.2) is 0 Å². The van der Waals surface area contributed by atoms with Crippen molar-refractivity contribution in [3.05, 3.63) is 0 Å². The van der Waals surface area contributed by atoms with Gasteiger partial charge in [0.2, 0.25) is 0 Å². The molecule has 0 fully saturated rings. The molecule has 0 amide bonds. The third-order valence-corrected chi connectivity index (χ3v) is 1.69. The molecule has 17 heavy (non-hydrogen) atoms. The van der Waals surface area contributed by atoms with E-state index in [1.165, 1.54) is 0 Å². The Morgan fingerprint density at radius 2 is 1.59 bits per heavy atom. The topological polar surface area (TPSA) is 29.5 Å². The lowest BCUT2D eigenvalue weighted by atomic mass is 10.2. The minimum absolute atomic E-state index is 0.732. The molecule has 0 aliphatic heterocycles. The molecule has 0 bridgehead atoms. The van der Waals surface area contributed by atoms with Crippen molar-refractivity contribution in [2.45, 2.75) is 37.5 Å². The first kappa shape index (κ1) is 16.4. The largest absolute Gasteiger partial charge is 0.391 e. The zero-order valence-electron chi connectivity index (χ0n) is 8.48. The van der Waals surface area contributed by atoms with E-state index in [-0.39, 0.29) is 0 Å². The normalized spacial score (nSPS) is 15.4. The first-order chi connectivity index (χ1) is 7.54. The highest BCUT2D eigenvalue weighted by molar-refractivity contribution is 4.68. The van der Waals surface area contributed by atoms with E-state index in [9.17, 15) is 30.7 Å². The Hall–Kier alpha value is -0.570. The van der Waals surface area contributed by atoms with Gasteiger partial charge < -0.3 is 9.84 Å². The van der Waals surface area contributed by atoms with Gasteiger partial charge in [-0.3, -0.25) is 0 Å². The van der Waals surface area contributed by atoms with Crippen LogP contribution in [-0.4, -0.2) is 42.9 Å². The number of rotatable bonds is 7. The molecule has 0 aromatic rings. The zero-order chi connectivity index (χ0) is 13.7. The quantitative estimate of drug-likeness (QED) is 0.722. The highest BCUT2D eigenvalue weighted by atomic mass is 19.4. The van der Waals surface area contributed by atoms with Crippen molar-refractivity contribution in [1.29, 1.82) is 0 Å². The molecule has 0 aromatic carbocycles. The number of ether oxygens (including phenoxy) is 1. The van der Waals surface area contributed by atoms with E-state index in [1.807, 2.05) is 0 Å². The van der Waals surface area contributed by atoms with Gasteiger partial charge in [0.1, 0.15) is 6.61 Å². The molecular weight excluding hydrogens is 261 g/mol. The zero-order valence-corrected chi connectivity index (χ0v) is 8.48. The van der Waals surface area contributed by atoms with Gasteiger partial charge in [0.15, 0.2) is 0 Å². The van der Waals surface area contributed by atoms with Crippen LogP contribution in [0, 0.1) is 0 Å². The van der Waals surface area contributed by atoms with Crippen LogP contribution in [-0.2, 0) is 4.74 Å². The average Bonchev–Trinajstić information content (AvgIpc) is 2.13. The van der Waals surface area contributed by atoms with E-state index in [0.29, 0.717) is 0 Å². The van der Waals surface area contributed by atoms with E-state index >= 15 is 0 Å². The van der Waals surface area contributed by atoms with Crippen LogP contribution in [0.25, 0.3) is 0 Å². The molecule has 0 aliphatic carbocycles. The fourth-order valence-electron chi connectivity index (χ4n) is 0.808. The third-order valence-electron chi connectivity index (χ3n) is 1.69. The molecular formula is C8H11F7O2. The summed E-state index contributed by atoms with van der Waals surface area (Å²) < 4.78 is 86.7. The summed E-state index contributed by atoms with van der Waals surface area (Å²) in [5.74, 6) is -4.37. The van der Waals surface area contributed by atoms with Crippen molar-refractivity contribution >= 4 is 0 Å². The number of alkyl halides is 7. The van der Waals surface area contributed by atoms with E-state index in [0.717, 1.165) is 0 Å². The van der Waals surface area contributed by atoms with Crippen molar-refractivity contribution in [3.63, 3.8) is 0 Å². The molecule has 0 rings (SSSR count). The van der Waals surface area contributed by atoms with Gasteiger partial charge in [-0.25, -0.2) is 8.78 Å². The number of hydrogen-bond acceptors (Lipinski definition) is 2. The van der Waals surface area contributed by atoms with Crippen LogP contribution in [0.5, 0.6) is 0 Å². The van der Waals surface area contributed by atoms with Gasteiger partial charge in [0, 0.05) is 6.42 Å². The summed E-state index contributed by atoms with van der Waals surface area (Å²) in [5.41, 5.74) is 0. The summed E-state index contributed by atoms with van der Waals surface area (Å²) in [4.78, 5) is 0. The number of aliphatic hydroxyl groups excluding tert-OH is 1. The molecule has 1 atom stereocenters. The first-order valence-electron chi connectivity index (χ1n) is 4.53. The van der Waals surface area contributed by atoms with Crippen LogP contribution in [0.4, 0.5) is 30.7 Å². The van der Waals surface area contributed by atoms with Gasteiger partial charge in [-0.1, -0.05) is 0 Å². The maximum atomic E-state index is 12.2. The van der Waals surface area contributed by atoms with Crippen LogP contribution >= 0.6 is 0 Å². The lowest BCUT2D eigenvalue weighted by Crippen LogP contribution is -2.33. The second-order valence-electron chi connectivity index (χ2n) is 3.38. The molecule has 1 N–H and O–H groups in total. The van der Waals surface area contributed by atoms with Crippen LogP contribution in [0.2, 0.25) is 0 Å². The van der Waals surface area contributed by atoms with Crippen LogP contribution < -0.4 is 0 Å². The molecule has 0 heterocycles.